The second kappa shape index (κ2) is 4.75. The van der Waals surface area contributed by atoms with Crippen LogP contribution in [0.5, 0.6) is 5.75 Å². The highest BCUT2D eigenvalue weighted by Crippen LogP contribution is 2.23. The molecule has 1 aromatic carbocycles. The van der Waals surface area contributed by atoms with Gasteiger partial charge in [0, 0.05) is 0 Å². The Bertz CT molecular complexity index is 439. The van der Waals surface area contributed by atoms with E-state index in [0.717, 1.165) is 22.4 Å². The quantitative estimate of drug-likeness (QED) is 0.824. The van der Waals surface area contributed by atoms with Crippen LogP contribution in [-0.2, 0) is 4.79 Å². The maximum Gasteiger partial charge on any atom is 0.240 e. The van der Waals surface area contributed by atoms with Crippen LogP contribution in [-0.4, -0.2) is 18.1 Å². The summed E-state index contributed by atoms with van der Waals surface area (Å²) in [5.41, 5.74) is 13.1. The van der Waals surface area contributed by atoms with Crippen molar-refractivity contribution >= 4 is 5.91 Å². The summed E-state index contributed by atoms with van der Waals surface area (Å²) < 4.78 is 5.60. The van der Waals surface area contributed by atoms with Crippen LogP contribution < -0.4 is 16.2 Å². The molecule has 0 spiro atoms. The molecule has 0 radical (unpaired) electrons. The fourth-order valence-corrected chi connectivity index (χ4v) is 1.45. The van der Waals surface area contributed by atoms with Gasteiger partial charge in [-0.1, -0.05) is 6.07 Å². The Morgan fingerprint density at radius 2 is 1.94 bits per heavy atom. The largest absolute Gasteiger partial charge is 0.491 e. The Morgan fingerprint density at radius 3 is 2.47 bits per heavy atom. The topological polar surface area (TPSA) is 78.3 Å². The lowest BCUT2D eigenvalue weighted by molar-refractivity contribution is -0.123. The highest BCUT2D eigenvalue weighted by molar-refractivity contribution is 5.84. The fraction of sp³-hybridized carbons (Fsp3) is 0.462. The average Bonchev–Trinajstić information content (AvgIpc) is 2.21. The Labute approximate surface area is 102 Å². The smallest absolute Gasteiger partial charge is 0.240 e. The van der Waals surface area contributed by atoms with Crippen LogP contribution in [0.4, 0.5) is 0 Å². The van der Waals surface area contributed by atoms with E-state index in [2.05, 4.69) is 6.07 Å². The summed E-state index contributed by atoms with van der Waals surface area (Å²) in [5.74, 6) is 0.181. The van der Waals surface area contributed by atoms with Gasteiger partial charge in [-0.25, -0.2) is 0 Å². The first kappa shape index (κ1) is 13.5. The third kappa shape index (κ3) is 3.20. The summed E-state index contributed by atoms with van der Waals surface area (Å²) in [4.78, 5) is 11.1. The van der Waals surface area contributed by atoms with Crippen molar-refractivity contribution in [2.24, 2.45) is 11.5 Å². The zero-order chi connectivity index (χ0) is 13.2. The first-order valence-corrected chi connectivity index (χ1v) is 5.53. The number of primary amides is 1. The van der Waals surface area contributed by atoms with Crippen molar-refractivity contribution < 1.29 is 9.53 Å². The molecule has 17 heavy (non-hydrogen) atoms. The minimum atomic E-state index is -1.15. The number of hydrogen-bond acceptors (Lipinski definition) is 3. The zero-order valence-corrected chi connectivity index (χ0v) is 10.8. The maximum atomic E-state index is 11.1. The number of aryl methyl sites for hydroxylation is 2. The van der Waals surface area contributed by atoms with E-state index in [1.807, 2.05) is 26.8 Å². The van der Waals surface area contributed by atoms with E-state index >= 15 is 0 Å². The van der Waals surface area contributed by atoms with Crippen molar-refractivity contribution in [3.63, 3.8) is 0 Å². The zero-order valence-electron chi connectivity index (χ0n) is 10.8. The Balaban J connectivity index is 2.87. The third-order valence-corrected chi connectivity index (χ3v) is 2.85. The number of carbonyl (C=O) groups is 1. The molecule has 0 saturated heterocycles. The van der Waals surface area contributed by atoms with Crippen molar-refractivity contribution in [1.29, 1.82) is 0 Å². The van der Waals surface area contributed by atoms with Gasteiger partial charge >= 0.3 is 0 Å². The number of carbonyl (C=O) groups excluding carboxylic acids is 1. The molecule has 94 valence electrons. The number of hydrogen-bond donors (Lipinski definition) is 2. The van der Waals surface area contributed by atoms with Crippen molar-refractivity contribution in [3.05, 3.63) is 28.8 Å². The van der Waals surface area contributed by atoms with E-state index in [1.165, 1.54) is 0 Å². The molecule has 0 aliphatic rings. The van der Waals surface area contributed by atoms with Gasteiger partial charge in [0.25, 0.3) is 0 Å². The second-order valence-electron chi connectivity index (χ2n) is 4.78. The van der Waals surface area contributed by atoms with Crippen LogP contribution in [0.2, 0.25) is 0 Å². The summed E-state index contributed by atoms with van der Waals surface area (Å²) in [6.07, 6.45) is 0. The molecule has 1 unspecified atom stereocenters. The van der Waals surface area contributed by atoms with E-state index in [4.69, 9.17) is 16.2 Å². The third-order valence-electron chi connectivity index (χ3n) is 2.85. The van der Waals surface area contributed by atoms with E-state index in [-0.39, 0.29) is 6.61 Å². The molecule has 0 saturated carbocycles. The monoisotopic (exact) mass is 236 g/mol. The predicted octanol–water partition coefficient (Wildman–Crippen LogP) is 1.19. The van der Waals surface area contributed by atoms with Gasteiger partial charge in [-0.05, 0) is 50.5 Å². The lowest BCUT2D eigenvalue weighted by Gasteiger charge is -2.22. The van der Waals surface area contributed by atoms with Crippen LogP contribution in [0.15, 0.2) is 12.1 Å². The highest BCUT2D eigenvalue weighted by Gasteiger charge is 2.26. The Kier molecular flexibility index (Phi) is 3.78. The minimum Gasteiger partial charge on any atom is -0.491 e. The van der Waals surface area contributed by atoms with Gasteiger partial charge in [0.2, 0.25) is 5.91 Å². The predicted molar refractivity (Wildman–Crippen MR) is 67.9 cm³/mol. The minimum absolute atomic E-state index is 0.0755. The van der Waals surface area contributed by atoms with Crippen LogP contribution in [0.3, 0.4) is 0 Å². The molecule has 0 aliphatic heterocycles. The van der Waals surface area contributed by atoms with E-state index in [1.54, 1.807) is 6.92 Å². The number of nitrogens with two attached hydrogens (primary N) is 2. The molecule has 0 heterocycles. The number of ether oxygens (including phenoxy) is 1. The van der Waals surface area contributed by atoms with E-state index in [0.29, 0.717) is 0 Å². The molecule has 4 N–H and O–H groups in total. The Morgan fingerprint density at radius 1 is 1.35 bits per heavy atom. The Hall–Kier alpha value is -1.55. The number of benzene rings is 1. The maximum absolute atomic E-state index is 11.1. The van der Waals surface area contributed by atoms with Crippen molar-refractivity contribution in [2.45, 2.75) is 33.2 Å². The molecule has 0 bridgehead atoms. The SMILES string of the molecule is Cc1cc(C)c(C)c(OCC(C)(N)C(N)=O)c1. The molecule has 0 aliphatic carbocycles. The molecule has 0 fully saturated rings. The fourth-order valence-electron chi connectivity index (χ4n) is 1.45. The molecule has 1 amide bonds. The molecule has 1 rings (SSSR count). The van der Waals surface area contributed by atoms with Crippen LogP contribution >= 0.6 is 0 Å². The van der Waals surface area contributed by atoms with Gasteiger partial charge in [-0.3, -0.25) is 4.79 Å². The summed E-state index contributed by atoms with van der Waals surface area (Å²) >= 11 is 0. The standard InChI is InChI=1S/C13H20N2O2/c1-8-5-9(2)10(3)11(6-8)17-7-13(4,15)12(14)16/h5-6H,7,15H2,1-4H3,(H2,14,16). The van der Waals surface area contributed by atoms with Crippen molar-refractivity contribution in [2.75, 3.05) is 6.61 Å². The first-order valence-electron chi connectivity index (χ1n) is 5.53. The highest BCUT2D eigenvalue weighted by atomic mass is 16.5. The normalized spacial score (nSPS) is 14.2. The van der Waals surface area contributed by atoms with Crippen molar-refractivity contribution in [1.82, 2.24) is 0 Å². The van der Waals surface area contributed by atoms with Gasteiger partial charge < -0.3 is 16.2 Å². The number of amides is 1. The van der Waals surface area contributed by atoms with Gasteiger partial charge in [-0.15, -0.1) is 0 Å². The van der Waals surface area contributed by atoms with Crippen LogP contribution in [0.25, 0.3) is 0 Å². The molecular formula is C13H20N2O2. The summed E-state index contributed by atoms with van der Waals surface area (Å²) in [7, 11) is 0. The molecule has 0 aromatic heterocycles. The van der Waals surface area contributed by atoms with Crippen molar-refractivity contribution in [3.8, 4) is 5.75 Å². The van der Waals surface area contributed by atoms with E-state index in [9.17, 15) is 4.79 Å². The van der Waals surface area contributed by atoms with Gasteiger partial charge in [0.1, 0.15) is 17.9 Å². The summed E-state index contributed by atoms with van der Waals surface area (Å²) in [6.45, 7) is 7.63. The lowest BCUT2D eigenvalue weighted by Crippen LogP contribution is -2.53. The number of rotatable bonds is 4. The van der Waals surface area contributed by atoms with Crippen LogP contribution in [0, 0.1) is 20.8 Å². The van der Waals surface area contributed by atoms with Gasteiger partial charge in [0.15, 0.2) is 0 Å². The average molecular weight is 236 g/mol. The molecular weight excluding hydrogens is 216 g/mol. The molecule has 1 atom stereocenters. The molecule has 4 nitrogen and oxygen atoms in total. The summed E-state index contributed by atoms with van der Waals surface area (Å²) in [6, 6.07) is 4.01. The van der Waals surface area contributed by atoms with Gasteiger partial charge in [-0.2, -0.15) is 0 Å². The van der Waals surface area contributed by atoms with E-state index < -0.39 is 11.4 Å². The second-order valence-corrected chi connectivity index (χ2v) is 4.78. The molecule has 1 aromatic rings. The lowest BCUT2D eigenvalue weighted by atomic mass is 10.0. The summed E-state index contributed by atoms with van der Waals surface area (Å²) in [5, 5.41) is 0. The van der Waals surface area contributed by atoms with Gasteiger partial charge in [0.05, 0.1) is 0 Å². The first-order chi connectivity index (χ1) is 7.74. The van der Waals surface area contributed by atoms with Crippen LogP contribution in [0.1, 0.15) is 23.6 Å². The molecule has 4 heteroatoms.